The van der Waals surface area contributed by atoms with Crippen LogP contribution in [0.15, 0.2) is 21.2 Å². The first kappa shape index (κ1) is 9.24. The molecular formula is C9H12BrNO2. The minimum Gasteiger partial charge on any atom is -0.465 e. The molecule has 0 bridgehead atoms. The predicted molar refractivity (Wildman–Crippen MR) is 52.4 cm³/mol. The fourth-order valence-corrected chi connectivity index (χ4v) is 2.12. The van der Waals surface area contributed by atoms with E-state index in [0.29, 0.717) is 5.76 Å². The molecule has 0 aromatic carbocycles. The van der Waals surface area contributed by atoms with Gasteiger partial charge in [-0.2, -0.15) is 0 Å². The maximum atomic E-state index is 9.90. The quantitative estimate of drug-likeness (QED) is 0.836. The summed E-state index contributed by atoms with van der Waals surface area (Å²) in [5, 5.41) is 13.1. The molecule has 1 aromatic rings. The van der Waals surface area contributed by atoms with Gasteiger partial charge in [-0.3, -0.25) is 0 Å². The van der Waals surface area contributed by atoms with Gasteiger partial charge in [-0.15, -0.1) is 0 Å². The van der Waals surface area contributed by atoms with Crippen LogP contribution in [0.2, 0.25) is 0 Å². The third-order valence-electron chi connectivity index (χ3n) is 2.39. The zero-order valence-electron chi connectivity index (χ0n) is 7.16. The number of aliphatic hydroxyl groups is 1. The highest BCUT2D eigenvalue weighted by atomic mass is 79.9. The lowest BCUT2D eigenvalue weighted by Crippen LogP contribution is -2.28. The summed E-state index contributed by atoms with van der Waals surface area (Å²) in [7, 11) is 0. The van der Waals surface area contributed by atoms with Crippen LogP contribution in [0.4, 0.5) is 0 Å². The van der Waals surface area contributed by atoms with Crippen LogP contribution in [0.1, 0.15) is 24.7 Å². The minimum atomic E-state index is -0.535. The van der Waals surface area contributed by atoms with Crippen LogP contribution in [-0.4, -0.2) is 17.7 Å². The summed E-state index contributed by atoms with van der Waals surface area (Å²) >= 11 is 3.33. The fourth-order valence-electron chi connectivity index (χ4n) is 1.68. The van der Waals surface area contributed by atoms with E-state index < -0.39 is 6.10 Å². The third kappa shape index (κ3) is 1.80. The number of rotatable bonds is 2. The molecule has 72 valence electrons. The van der Waals surface area contributed by atoms with Crippen LogP contribution in [-0.2, 0) is 0 Å². The number of aliphatic hydroxyl groups excluding tert-OH is 1. The average molecular weight is 246 g/mol. The molecule has 1 fully saturated rings. The van der Waals surface area contributed by atoms with E-state index in [0.717, 1.165) is 23.9 Å². The molecule has 0 amide bonds. The van der Waals surface area contributed by atoms with Gasteiger partial charge >= 0.3 is 0 Å². The van der Waals surface area contributed by atoms with E-state index in [1.165, 1.54) is 0 Å². The molecule has 2 rings (SSSR count). The molecule has 4 heteroatoms. The molecule has 2 unspecified atom stereocenters. The summed E-state index contributed by atoms with van der Waals surface area (Å²) in [6, 6.07) is 1.94. The lowest BCUT2D eigenvalue weighted by atomic mass is 10.1. The predicted octanol–water partition coefficient (Wildman–Crippen LogP) is 1.83. The normalized spacial score (nSPS) is 24.9. The van der Waals surface area contributed by atoms with Crippen molar-refractivity contribution in [1.82, 2.24) is 5.32 Å². The van der Waals surface area contributed by atoms with Crippen LogP contribution in [0.25, 0.3) is 0 Å². The van der Waals surface area contributed by atoms with Gasteiger partial charge in [0.25, 0.3) is 0 Å². The summed E-state index contributed by atoms with van der Waals surface area (Å²) in [5.41, 5.74) is 0. The molecular weight excluding hydrogens is 234 g/mol. The van der Waals surface area contributed by atoms with Crippen molar-refractivity contribution >= 4 is 15.9 Å². The zero-order chi connectivity index (χ0) is 9.26. The van der Waals surface area contributed by atoms with Crippen molar-refractivity contribution in [2.24, 2.45) is 0 Å². The second-order valence-corrected chi connectivity index (χ2v) is 4.13. The van der Waals surface area contributed by atoms with Gasteiger partial charge in [-0.25, -0.2) is 0 Å². The third-order valence-corrected chi connectivity index (χ3v) is 3.05. The van der Waals surface area contributed by atoms with Crippen molar-refractivity contribution in [3.05, 3.63) is 22.6 Å². The van der Waals surface area contributed by atoms with E-state index in [-0.39, 0.29) is 6.04 Å². The standard InChI is InChI=1S/C9H12BrNO2/c10-6-3-5-13-9(6)8(12)7-2-1-4-11-7/h3,5,7-8,11-12H,1-2,4H2. The van der Waals surface area contributed by atoms with E-state index in [1.807, 2.05) is 0 Å². The summed E-state index contributed by atoms with van der Waals surface area (Å²) in [6.07, 6.45) is 3.18. The first-order chi connectivity index (χ1) is 6.29. The van der Waals surface area contributed by atoms with Crippen LogP contribution >= 0.6 is 15.9 Å². The van der Waals surface area contributed by atoms with Gasteiger partial charge < -0.3 is 14.8 Å². The number of halogens is 1. The van der Waals surface area contributed by atoms with Gasteiger partial charge in [0.2, 0.25) is 0 Å². The Morgan fingerprint density at radius 2 is 2.54 bits per heavy atom. The topological polar surface area (TPSA) is 45.4 Å². The lowest BCUT2D eigenvalue weighted by Gasteiger charge is -2.16. The number of hydrogen-bond acceptors (Lipinski definition) is 3. The van der Waals surface area contributed by atoms with Crippen molar-refractivity contribution in [3.8, 4) is 0 Å². The molecule has 0 radical (unpaired) electrons. The summed E-state index contributed by atoms with van der Waals surface area (Å²) in [5.74, 6) is 0.624. The van der Waals surface area contributed by atoms with Crippen molar-refractivity contribution in [2.75, 3.05) is 6.54 Å². The smallest absolute Gasteiger partial charge is 0.147 e. The van der Waals surface area contributed by atoms with E-state index in [2.05, 4.69) is 21.2 Å². The Kier molecular flexibility index (Phi) is 2.71. The maximum Gasteiger partial charge on any atom is 0.147 e. The Morgan fingerprint density at radius 1 is 1.69 bits per heavy atom. The van der Waals surface area contributed by atoms with Crippen molar-refractivity contribution in [2.45, 2.75) is 25.0 Å². The van der Waals surface area contributed by atoms with Crippen molar-refractivity contribution < 1.29 is 9.52 Å². The summed E-state index contributed by atoms with van der Waals surface area (Å²) in [4.78, 5) is 0. The number of nitrogens with one attached hydrogen (secondary N) is 1. The Labute approximate surface area is 85.3 Å². The SMILES string of the molecule is OC(c1occc1Br)C1CCCN1. The highest BCUT2D eigenvalue weighted by Gasteiger charge is 2.27. The summed E-state index contributed by atoms with van der Waals surface area (Å²) in [6.45, 7) is 0.986. The second kappa shape index (κ2) is 3.82. The van der Waals surface area contributed by atoms with Gasteiger partial charge in [0.15, 0.2) is 0 Å². The first-order valence-electron chi connectivity index (χ1n) is 4.43. The highest BCUT2D eigenvalue weighted by Crippen LogP contribution is 2.29. The average Bonchev–Trinajstić information content (AvgIpc) is 2.72. The Balaban J connectivity index is 2.12. The maximum absolute atomic E-state index is 9.90. The van der Waals surface area contributed by atoms with Gasteiger partial charge in [0.05, 0.1) is 10.7 Å². The van der Waals surface area contributed by atoms with E-state index in [9.17, 15) is 5.11 Å². The van der Waals surface area contributed by atoms with Crippen LogP contribution in [0.3, 0.4) is 0 Å². The minimum absolute atomic E-state index is 0.141. The monoisotopic (exact) mass is 245 g/mol. The van der Waals surface area contributed by atoms with Crippen LogP contribution in [0.5, 0.6) is 0 Å². The molecule has 1 aromatic heterocycles. The van der Waals surface area contributed by atoms with Gasteiger partial charge in [-0.05, 0) is 41.4 Å². The molecule has 3 nitrogen and oxygen atoms in total. The molecule has 1 aliphatic rings. The van der Waals surface area contributed by atoms with Gasteiger partial charge in [0.1, 0.15) is 11.9 Å². The van der Waals surface area contributed by atoms with E-state index in [1.54, 1.807) is 12.3 Å². The summed E-state index contributed by atoms with van der Waals surface area (Å²) < 4.78 is 6.04. The Hall–Kier alpha value is -0.320. The fraction of sp³-hybridized carbons (Fsp3) is 0.556. The number of hydrogen-bond donors (Lipinski definition) is 2. The zero-order valence-corrected chi connectivity index (χ0v) is 8.75. The van der Waals surface area contributed by atoms with E-state index in [4.69, 9.17) is 4.42 Å². The molecule has 0 saturated carbocycles. The molecule has 1 saturated heterocycles. The van der Waals surface area contributed by atoms with Gasteiger partial charge in [-0.1, -0.05) is 0 Å². The molecule has 2 atom stereocenters. The Morgan fingerprint density at radius 3 is 3.08 bits per heavy atom. The molecule has 13 heavy (non-hydrogen) atoms. The first-order valence-corrected chi connectivity index (χ1v) is 5.22. The molecule has 2 heterocycles. The van der Waals surface area contributed by atoms with Crippen LogP contribution < -0.4 is 5.32 Å². The Bertz CT molecular complexity index is 281. The van der Waals surface area contributed by atoms with Crippen LogP contribution in [0, 0.1) is 0 Å². The second-order valence-electron chi connectivity index (χ2n) is 3.28. The van der Waals surface area contributed by atoms with Crippen molar-refractivity contribution in [1.29, 1.82) is 0 Å². The highest BCUT2D eigenvalue weighted by molar-refractivity contribution is 9.10. The lowest BCUT2D eigenvalue weighted by molar-refractivity contribution is 0.112. The molecule has 1 aliphatic heterocycles. The number of furan rings is 1. The largest absolute Gasteiger partial charge is 0.465 e. The van der Waals surface area contributed by atoms with Gasteiger partial charge in [0, 0.05) is 6.04 Å². The van der Waals surface area contributed by atoms with Crippen molar-refractivity contribution in [3.63, 3.8) is 0 Å². The molecule has 0 spiro atoms. The molecule has 2 N–H and O–H groups in total. The van der Waals surface area contributed by atoms with E-state index >= 15 is 0 Å². The molecule has 0 aliphatic carbocycles.